The molecule has 0 amide bonds. The van der Waals surface area contributed by atoms with Gasteiger partial charge in [0.15, 0.2) is 0 Å². The van der Waals surface area contributed by atoms with Crippen LogP contribution in [0.1, 0.15) is 5.69 Å². The zero-order chi connectivity index (χ0) is 22.9. The summed E-state index contributed by atoms with van der Waals surface area (Å²) >= 11 is 18.2. The van der Waals surface area contributed by atoms with Gasteiger partial charge in [0.2, 0.25) is 10.0 Å². The first-order valence-electron chi connectivity index (χ1n) is 10.1. The zero-order valence-corrected chi connectivity index (χ0v) is 20.4. The third-order valence-electron chi connectivity index (χ3n) is 5.44. The maximum Gasteiger partial charge on any atom is 0.246 e. The van der Waals surface area contributed by atoms with Gasteiger partial charge in [-0.2, -0.15) is 4.31 Å². The summed E-state index contributed by atoms with van der Waals surface area (Å²) in [7, 11) is -3.80. The topological polar surface area (TPSA) is 78.4 Å². The number of pyridine rings is 2. The minimum Gasteiger partial charge on any atom is -0.369 e. The van der Waals surface area contributed by atoms with Crippen LogP contribution in [0.3, 0.4) is 0 Å². The molecule has 0 saturated carbocycles. The van der Waals surface area contributed by atoms with Crippen LogP contribution in [0.5, 0.6) is 0 Å². The van der Waals surface area contributed by atoms with Crippen LogP contribution >= 0.6 is 34.8 Å². The van der Waals surface area contributed by atoms with E-state index in [2.05, 4.69) is 20.2 Å². The van der Waals surface area contributed by atoms with Gasteiger partial charge < -0.3 is 5.32 Å². The van der Waals surface area contributed by atoms with Gasteiger partial charge in [-0.1, -0.05) is 34.8 Å². The molecule has 32 heavy (non-hydrogen) atoms. The molecule has 0 spiro atoms. The predicted octanol–water partition coefficient (Wildman–Crippen LogP) is 4.32. The molecule has 0 radical (unpaired) electrons. The number of hydrogen-bond donors (Lipinski definition) is 1. The van der Waals surface area contributed by atoms with Crippen LogP contribution in [-0.4, -0.2) is 66.9 Å². The third kappa shape index (κ3) is 4.95. The average Bonchev–Trinajstić information content (AvgIpc) is 2.73. The van der Waals surface area contributed by atoms with E-state index < -0.39 is 10.0 Å². The number of anilines is 1. The van der Waals surface area contributed by atoms with Crippen molar-refractivity contribution in [2.75, 3.05) is 44.6 Å². The minimum absolute atomic E-state index is 0.0305. The SMILES string of the molecule is Cc1nccc2nc(NCCN3CCN(S(=O)(=O)c4c(Cl)cc(Cl)cc4Cl)CC3)ccc12. The molecule has 1 fully saturated rings. The van der Waals surface area contributed by atoms with E-state index in [1.54, 1.807) is 6.20 Å². The summed E-state index contributed by atoms with van der Waals surface area (Å²) in [5.41, 5.74) is 1.86. The van der Waals surface area contributed by atoms with Crippen LogP contribution in [0, 0.1) is 6.92 Å². The highest BCUT2D eigenvalue weighted by Crippen LogP contribution is 2.34. The number of aromatic nitrogens is 2. The van der Waals surface area contributed by atoms with Gasteiger partial charge >= 0.3 is 0 Å². The average molecular weight is 515 g/mol. The molecule has 1 N–H and O–H groups in total. The second-order valence-corrected chi connectivity index (χ2v) is 10.7. The molecule has 0 unspecified atom stereocenters. The van der Waals surface area contributed by atoms with Gasteiger partial charge in [-0.25, -0.2) is 13.4 Å². The summed E-state index contributed by atoms with van der Waals surface area (Å²) in [6, 6.07) is 8.64. The lowest BCUT2D eigenvalue weighted by Crippen LogP contribution is -2.49. The maximum absolute atomic E-state index is 13.0. The third-order valence-corrected chi connectivity index (χ3v) is 8.48. The number of benzene rings is 1. The number of fused-ring (bicyclic) bond motifs is 1. The fraction of sp³-hybridized carbons (Fsp3) is 0.333. The first-order chi connectivity index (χ1) is 15.3. The Bertz CT molecular complexity index is 1220. The van der Waals surface area contributed by atoms with Crippen molar-refractivity contribution >= 4 is 61.5 Å². The molecule has 7 nitrogen and oxygen atoms in total. The van der Waals surface area contributed by atoms with Crippen molar-refractivity contribution in [3.8, 4) is 0 Å². The summed E-state index contributed by atoms with van der Waals surface area (Å²) in [6.07, 6.45) is 1.76. The van der Waals surface area contributed by atoms with E-state index in [1.165, 1.54) is 16.4 Å². The van der Waals surface area contributed by atoms with E-state index in [9.17, 15) is 8.42 Å². The Morgan fingerprint density at radius 1 is 1.03 bits per heavy atom. The monoisotopic (exact) mass is 513 g/mol. The molecule has 1 aromatic carbocycles. The lowest BCUT2D eigenvalue weighted by Gasteiger charge is -2.34. The Labute approximate surface area is 202 Å². The molecular weight excluding hydrogens is 493 g/mol. The fourth-order valence-electron chi connectivity index (χ4n) is 3.74. The van der Waals surface area contributed by atoms with Crippen molar-refractivity contribution in [1.29, 1.82) is 0 Å². The van der Waals surface area contributed by atoms with Crippen LogP contribution < -0.4 is 5.32 Å². The van der Waals surface area contributed by atoms with Crippen molar-refractivity contribution in [3.63, 3.8) is 0 Å². The molecule has 3 aromatic rings. The van der Waals surface area contributed by atoms with E-state index in [-0.39, 0.29) is 14.9 Å². The minimum atomic E-state index is -3.80. The highest BCUT2D eigenvalue weighted by atomic mass is 35.5. The molecule has 170 valence electrons. The van der Waals surface area contributed by atoms with Gasteiger partial charge in [0.05, 0.1) is 15.6 Å². The van der Waals surface area contributed by atoms with Gasteiger partial charge in [-0.15, -0.1) is 0 Å². The van der Waals surface area contributed by atoms with Crippen LogP contribution in [0.2, 0.25) is 15.1 Å². The number of piperazine rings is 1. The molecule has 1 saturated heterocycles. The van der Waals surface area contributed by atoms with Crippen molar-refractivity contribution in [3.05, 3.63) is 57.3 Å². The summed E-state index contributed by atoms with van der Waals surface area (Å²) in [4.78, 5) is 11.0. The van der Waals surface area contributed by atoms with Gasteiger partial charge in [0.25, 0.3) is 0 Å². The molecule has 3 heterocycles. The van der Waals surface area contributed by atoms with E-state index in [4.69, 9.17) is 34.8 Å². The van der Waals surface area contributed by atoms with E-state index in [0.717, 1.165) is 29.0 Å². The lowest BCUT2D eigenvalue weighted by atomic mass is 10.2. The van der Waals surface area contributed by atoms with Gasteiger partial charge in [-0.3, -0.25) is 9.88 Å². The maximum atomic E-state index is 13.0. The summed E-state index contributed by atoms with van der Waals surface area (Å²) in [5.74, 6) is 0.802. The van der Waals surface area contributed by atoms with E-state index in [0.29, 0.717) is 37.7 Å². The second kappa shape index (κ2) is 9.67. The quantitative estimate of drug-likeness (QED) is 0.528. The summed E-state index contributed by atoms with van der Waals surface area (Å²) < 4.78 is 27.5. The van der Waals surface area contributed by atoms with E-state index >= 15 is 0 Å². The molecule has 0 atom stereocenters. The number of nitrogens with one attached hydrogen (secondary N) is 1. The fourth-order valence-corrected chi connectivity index (χ4v) is 6.65. The first-order valence-corrected chi connectivity index (χ1v) is 12.7. The Morgan fingerprint density at radius 2 is 1.72 bits per heavy atom. The molecule has 4 rings (SSSR count). The second-order valence-electron chi connectivity index (χ2n) is 7.53. The molecule has 11 heteroatoms. The predicted molar refractivity (Wildman–Crippen MR) is 129 cm³/mol. The Hall–Kier alpha value is -1.68. The number of hydrogen-bond acceptors (Lipinski definition) is 6. The number of aryl methyl sites for hydroxylation is 1. The van der Waals surface area contributed by atoms with Crippen molar-refractivity contribution < 1.29 is 8.42 Å². The Morgan fingerprint density at radius 3 is 2.41 bits per heavy atom. The standard InChI is InChI=1S/C21H22Cl3N5O2S/c1-14-16-2-3-20(27-19(16)4-5-25-14)26-6-7-28-8-10-29(11-9-28)32(30,31)21-17(23)12-15(22)13-18(21)24/h2-5,12-13H,6-11H2,1H3,(H,26,27). The summed E-state index contributed by atoms with van der Waals surface area (Å²) in [6.45, 7) is 5.37. The van der Waals surface area contributed by atoms with Crippen LogP contribution in [0.4, 0.5) is 5.82 Å². The Balaban J connectivity index is 1.32. The number of nitrogens with zero attached hydrogens (tertiary/aromatic N) is 4. The Kier molecular flexibility index (Phi) is 7.09. The smallest absolute Gasteiger partial charge is 0.246 e. The largest absolute Gasteiger partial charge is 0.369 e. The zero-order valence-electron chi connectivity index (χ0n) is 17.4. The van der Waals surface area contributed by atoms with Crippen LogP contribution in [0.25, 0.3) is 10.9 Å². The normalized spacial score (nSPS) is 15.9. The van der Waals surface area contributed by atoms with Gasteiger partial charge in [0.1, 0.15) is 10.7 Å². The molecule has 0 bridgehead atoms. The molecule has 2 aromatic heterocycles. The van der Waals surface area contributed by atoms with Crippen molar-refractivity contribution in [2.45, 2.75) is 11.8 Å². The van der Waals surface area contributed by atoms with Gasteiger partial charge in [0, 0.05) is 61.6 Å². The highest BCUT2D eigenvalue weighted by molar-refractivity contribution is 7.89. The highest BCUT2D eigenvalue weighted by Gasteiger charge is 2.32. The number of halogens is 3. The first kappa shape index (κ1) is 23.5. The molecular formula is C21H22Cl3N5O2S. The van der Waals surface area contributed by atoms with Crippen LogP contribution in [-0.2, 0) is 10.0 Å². The van der Waals surface area contributed by atoms with Crippen LogP contribution in [0.15, 0.2) is 41.4 Å². The number of sulfonamides is 1. The lowest BCUT2D eigenvalue weighted by molar-refractivity contribution is 0.194. The molecule has 0 aliphatic carbocycles. The van der Waals surface area contributed by atoms with E-state index in [1.807, 2.05) is 25.1 Å². The summed E-state index contributed by atoms with van der Waals surface area (Å²) in [5, 5.41) is 4.73. The molecule has 1 aliphatic rings. The number of rotatable bonds is 6. The molecule has 1 aliphatic heterocycles. The van der Waals surface area contributed by atoms with Gasteiger partial charge in [-0.05, 0) is 37.3 Å². The van der Waals surface area contributed by atoms with Crippen molar-refractivity contribution in [1.82, 2.24) is 19.2 Å². The van der Waals surface area contributed by atoms with Crippen molar-refractivity contribution in [2.24, 2.45) is 0 Å².